The van der Waals surface area contributed by atoms with Crippen LogP contribution in [0.1, 0.15) is 29.4 Å². The third-order valence-corrected chi connectivity index (χ3v) is 2.79. The van der Waals surface area contributed by atoms with E-state index in [1.165, 1.54) is 10.9 Å². The van der Waals surface area contributed by atoms with Gasteiger partial charge in [0.05, 0.1) is 12.2 Å². The lowest BCUT2D eigenvalue weighted by molar-refractivity contribution is -0.140. The molecular formula is C9H12N4O4. The highest BCUT2D eigenvalue weighted by molar-refractivity contribution is 5.84. The lowest BCUT2D eigenvalue weighted by atomic mass is 10.0. The zero-order chi connectivity index (χ0) is 12.4. The summed E-state index contributed by atoms with van der Waals surface area (Å²) in [7, 11) is 0. The van der Waals surface area contributed by atoms with Gasteiger partial charge in [-0.3, -0.25) is 4.79 Å². The molecule has 2 rings (SSSR count). The summed E-state index contributed by atoms with van der Waals surface area (Å²) in [5.41, 5.74) is -0.106. The highest BCUT2D eigenvalue weighted by Gasteiger charge is 2.27. The molecule has 0 aromatic carbocycles. The first kappa shape index (κ1) is 11.5. The Labute approximate surface area is 96.2 Å². The van der Waals surface area contributed by atoms with Crippen molar-refractivity contribution in [3.05, 3.63) is 11.9 Å². The number of hydrogen-bond donors (Lipinski definition) is 3. The van der Waals surface area contributed by atoms with Crippen molar-refractivity contribution >= 4 is 11.9 Å². The molecule has 0 bridgehead atoms. The molecule has 1 aliphatic rings. The Morgan fingerprint density at radius 2 is 2.18 bits per heavy atom. The average molecular weight is 240 g/mol. The highest BCUT2D eigenvalue weighted by Crippen LogP contribution is 2.18. The maximum atomic E-state index is 10.7. The van der Waals surface area contributed by atoms with E-state index in [0.29, 0.717) is 19.4 Å². The van der Waals surface area contributed by atoms with Crippen LogP contribution in [0.25, 0.3) is 0 Å². The molecule has 8 heteroatoms. The largest absolute Gasteiger partial charge is 0.480 e. The van der Waals surface area contributed by atoms with Crippen LogP contribution in [0, 0.1) is 0 Å². The van der Waals surface area contributed by atoms with Gasteiger partial charge in [0.1, 0.15) is 6.04 Å². The van der Waals surface area contributed by atoms with Crippen molar-refractivity contribution in [2.24, 2.45) is 0 Å². The van der Waals surface area contributed by atoms with Gasteiger partial charge in [0.2, 0.25) is 0 Å². The Kier molecular flexibility index (Phi) is 3.05. The molecule has 0 amide bonds. The first-order chi connectivity index (χ1) is 8.08. The lowest BCUT2D eigenvalue weighted by Crippen LogP contribution is -2.44. The van der Waals surface area contributed by atoms with Gasteiger partial charge in [-0.2, -0.15) is 0 Å². The van der Waals surface area contributed by atoms with Gasteiger partial charge in [0.25, 0.3) is 0 Å². The highest BCUT2D eigenvalue weighted by atomic mass is 16.4. The number of nitrogens with zero attached hydrogens (tertiary/aromatic N) is 3. The second kappa shape index (κ2) is 4.50. The number of rotatable bonds is 3. The molecule has 3 N–H and O–H groups in total. The average Bonchev–Trinajstić information content (AvgIpc) is 2.78. The topological polar surface area (TPSA) is 117 Å². The molecule has 0 unspecified atom stereocenters. The Balaban J connectivity index is 2.00. The molecule has 1 saturated heterocycles. The monoisotopic (exact) mass is 240 g/mol. The van der Waals surface area contributed by atoms with Gasteiger partial charge in [-0.25, -0.2) is 9.48 Å². The third-order valence-electron chi connectivity index (χ3n) is 2.79. The van der Waals surface area contributed by atoms with E-state index in [2.05, 4.69) is 15.6 Å². The predicted octanol–water partition coefficient (Wildman–Crippen LogP) is -0.646. The maximum Gasteiger partial charge on any atom is 0.358 e. The fraction of sp³-hybridized carbons (Fsp3) is 0.556. The molecule has 1 aliphatic heterocycles. The van der Waals surface area contributed by atoms with E-state index >= 15 is 0 Å². The Hall–Kier alpha value is -1.96. The van der Waals surface area contributed by atoms with E-state index in [-0.39, 0.29) is 11.7 Å². The fourth-order valence-electron chi connectivity index (χ4n) is 1.83. The van der Waals surface area contributed by atoms with Crippen LogP contribution in [0.2, 0.25) is 0 Å². The first-order valence-electron chi connectivity index (χ1n) is 5.19. The van der Waals surface area contributed by atoms with Crippen molar-refractivity contribution in [3.8, 4) is 0 Å². The zero-order valence-electron chi connectivity index (χ0n) is 8.91. The molecule has 2 atom stereocenters. The molecule has 1 aromatic heterocycles. The zero-order valence-corrected chi connectivity index (χ0v) is 8.91. The summed E-state index contributed by atoms with van der Waals surface area (Å²) in [6, 6.07) is -0.583. The van der Waals surface area contributed by atoms with E-state index in [9.17, 15) is 9.59 Å². The minimum Gasteiger partial charge on any atom is -0.480 e. The van der Waals surface area contributed by atoms with Crippen LogP contribution >= 0.6 is 0 Å². The number of hydrogen-bond acceptors (Lipinski definition) is 5. The van der Waals surface area contributed by atoms with Crippen LogP contribution in [-0.2, 0) is 4.79 Å². The number of aromatic nitrogens is 3. The van der Waals surface area contributed by atoms with Gasteiger partial charge in [0.15, 0.2) is 5.69 Å². The molecule has 0 spiro atoms. The van der Waals surface area contributed by atoms with E-state index in [1.54, 1.807) is 0 Å². The van der Waals surface area contributed by atoms with Crippen LogP contribution in [0.4, 0.5) is 0 Å². The maximum absolute atomic E-state index is 10.7. The summed E-state index contributed by atoms with van der Waals surface area (Å²) in [5, 5.41) is 27.6. The van der Waals surface area contributed by atoms with Gasteiger partial charge in [-0.1, -0.05) is 5.21 Å². The number of aromatic carboxylic acids is 1. The van der Waals surface area contributed by atoms with Crippen LogP contribution in [0.15, 0.2) is 6.20 Å². The van der Waals surface area contributed by atoms with Crippen molar-refractivity contribution in [3.63, 3.8) is 0 Å². The van der Waals surface area contributed by atoms with Crippen molar-refractivity contribution in [2.75, 3.05) is 6.54 Å². The molecule has 17 heavy (non-hydrogen) atoms. The lowest BCUT2D eigenvalue weighted by Gasteiger charge is -2.27. The van der Waals surface area contributed by atoms with Crippen molar-refractivity contribution in [1.82, 2.24) is 20.3 Å². The molecule has 1 fully saturated rings. The summed E-state index contributed by atoms with van der Waals surface area (Å²) < 4.78 is 1.47. The van der Waals surface area contributed by atoms with Gasteiger partial charge in [-0.05, 0) is 12.8 Å². The quantitative estimate of drug-likeness (QED) is 0.642. The molecule has 0 saturated carbocycles. The summed E-state index contributed by atoms with van der Waals surface area (Å²) in [6.45, 7) is 0.444. The van der Waals surface area contributed by atoms with Crippen LogP contribution in [0.5, 0.6) is 0 Å². The molecule has 8 nitrogen and oxygen atoms in total. The molecule has 0 radical (unpaired) electrons. The molecule has 2 heterocycles. The minimum atomic E-state index is -1.12. The third kappa shape index (κ3) is 2.41. The molecule has 1 aromatic rings. The molecule has 0 aliphatic carbocycles. The van der Waals surface area contributed by atoms with Gasteiger partial charge in [-0.15, -0.1) is 5.10 Å². The number of carboxylic acid groups (broad SMARTS) is 2. The van der Waals surface area contributed by atoms with Crippen molar-refractivity contribution in [1.29, 1.82) is 0 Å². The van der Waals surface area contributed by atoms with Crippen LogP contribution in [-0.4, -0.2) is 49.7 Å². The molecular weight excluding hydrogens is 228 g/mol. The number of nitrogens with one attached hydrogen (secondary N) is 1. The van der Waals surface area contributed by atoms with E-state index in [4.69, 9.17) is 10.2 Å². The SMILES string of the molecule is O=C(O)c1cn([C@@H]2CC[C@H](C(=O)O)NC2)nn1. The summed E-state index contributed by atoms with van der Waals surface area (Å²) in [6.07, 6.45) is 2.48. The Morgan fingerprint density at radius 3 is 2.65 bits per heavy atom. The normalized spacial score (nSPS) is 24.5. The van der Waals surface area contributed by atoms with E-state index in [0.717, 1.165) is 0 Å². The number of aliphatic carboxylic acids is 1. The van der Waals surface area contributed by atoms with Crippen molar-refractivity contribution in [2.45, 2.75) is 24.9 Å². The Bertz CT molecular complexity index is 436. The first-order valence-corrected chi connectivity index (χ1v) is 5.19. The molecule has 92 valence electrons. The standard InChI is InChI=1S/C9H12N4O4/c14-8(15)6-2-1-5(3-10-6)13-4-7(9(16)17)11-12-13/h4-6,10H,1-3H2,(H,14,15)(H,16,17)/t5-,6-/m1/s1. The number of carboxylic acids is 2. The summed E-state index contributed by atoms with van der Waals surface area (Å²) in [5.74, 6) is -1.99. The van der Waals surface area contributed by atoms with Crippen molar-refractivity contribution < 1.29 is 19.8 Å². The van der Waals surface area contributed by atoms with Gasteiger partial charge in [0, 0.05) is 6.54 Å². The predicted molar refractivity (Wildman–Crippen MR) is 54.7 cm³/mol. The minimum absolute atomic E-state index is 0.0498. The van der Waals surface area contributed by atoms with Crippen LogP contribution in [0.3, 0.4) is 0 Å². The second-order valence-electron chi connectivity index (χ2n) is 3.92. The Morgan fingerprint density at radius 1 is 1.41 bits per heavy atom. The summed E-state index contributed by atoms with van der Waals surface area (Å²) >= 11 is 0. The van der Waals surface area contributed by atoms with Gasteiger partial charge >= 0.3 is 11.9 Å². The van der Waals surface area contributed by atoms with Crippen LogP contribution < -0.4 is 5.32 Å². The smallest absolute Gasteiger partial charge is 0.358 e. The second-order valence-corrected chi connectivity index (χ2v) is 3.92. The fourth-order valence-corrected chi connectivity index (χ4v) is 1.83. The van der Waals surface area contributed by atoms with E-state index < -0.39 is 18.0 Å². The number of piperidine rings is 1. The van der Waals surface area contributed by atoms with E-state index in [1.807, 2.05) is 0 Å². The van der Waals surface area contributed by atoms with Gasteiger partial charge < -0.3 is 15.5 Å². The number of carbonyl (C=O) groups is 2. The summed E-state index contributed by atoms with van der Waals surface area (Å²) in [4.78, 5) is 21.3.